The molecule has 1 aliphatic heterocycles. The normalized spacial score (nSPS) is 24.2. The number of hydrogen-bond donors (Lipinski definition) is 1. The first-order chi connectivity index (χ1) is 8.62. The third kappa shape index (κ3) is 1.65. The molecular weight excluding hydrogens is 222 g/mol. The summed E-state index contributed by atoms with van der Waals surface area (Å²) < 4.78 is 2.41. The Morgan fingerprint density at radius 2 is 2.11 bits per heavy atom. The molecular formula is C15H21N3. The van der Waals surface area contributed by atoms with Gasteiger partial charge in [-0.2, -0.15) is 0 Å². The lowest BCUT2D eigenvalue weighted by Crippen LogP contribution is -2.29. The second kappa shape index (κ2) is 4.09. The average molecular weight is 243 g/mol. The van der Waals surface area contributed by atoms with E-state index >= 15 is 0 Å². The third-order valence-corrected chi connectivity index (χ3v) is 4.02. The number of nitrogens with zero attached hydrogens (tertiary/aromatic N) is 2. The molecule has 0 amide bonds. The molecule has 18 heavy (non-hydrogen) atoms. The van der Waals surface area contributed by atoms with Crippen LogP contribution in [-0.4, -0.2) is 22.6 Å². The first-order valence-corrected chi connectivity index (χ1v) is 6.80. The van der Waals surface area contributed by atoms with E-state index < -0.39 is 0 Å². The highest BCUT2D eigenvalue weighted by molar-refractivity contribution is 5.76. The van der Waals surface area contributed by atoms with E-state index in [-0.39, 0.29) is 5.41 Å². The topological polar surface area (TPSA) is 29.9 Å². The zero-order valence-corrected chi connectivity index (χ0v) is 11.4. The van der Waals surface area contributed by atoms with Crippen LogP contribution in [0.1, 0.15) is 39.1 Å². The Morgan fingerprint density at radius 1 is 1.33 bits per heavy atom. The van der Waals surface area contributed by atoms with Crippen molar-refractivity contribution in [3.8, 4) is 0 Å². The molecule has 1 aromatic carbocycles. The van der Waals surface area contributed by atoms with E-state index in [9.17, 15) is 0 Å². The van der Waals surface area contributed by atoms with Crippen molar-refractivity contribution in [1.82, 2.24) is 14.9 Å². The van der Waals surface area contributed by atoms with Gasteiger partial charge in [-0.05, 0) is 38.9 Å². The van der Waals surface area contributed by atoms with Crippen molar-refractivity contribution in [3.05, 3.63) is 30.1 Å². The van der Waals surface area contributed by atoms with Crippen molar-refractivity contribution >= 4 is 11.0 Å². The zero-order chi connectivity index (χ0) is 12.8. The van der Waals surface area contributed by atoms with E-state index in [0.29, 0.717) is 6.04 Å². The summed E-state index contributed by atoms with van der Waals surface area (Å²) in [7, 11) is 0. The fraction of sp³-hybridized carbons (Fsp3) is 0.533. The van der Waals surface area contributed by atoms with Crippen LogP contribution < -0.4 is 5.32 Å². The molecule has 1 atom stereocenters. The molecule has 0 bridgehead atoms. The predicted molar refractivity (Wildman–Crippen MR) is 75.0 cm³/mol. The van der Waals surface area contributed by atoms with Crippen LogP contribution in [0.25, 0.3) is 11.0 Å². The minimum absolute atomic E-state index is 0.170. The van der Waals surface area contributed by atoms with Gasteiger partial charge in [0.2, 0.25) is 0 Å². The van der Waals surface area contributed by atoms with Crippen LogP contribution in [0.2, 0.25) is 0 Å². The number of hydrogen-bond acceptors (Lipinski definition) is 2. The van der Waals surface area contributed by atoms with Gasteiger partial charge in [-0.1, -0.05) is 19.1 Å². The highest BCUT2D eigenvalue weighted by atomic mass is 15.1. The molecule has 3 nitrogen and oxygen atoms in total. The van der Waals surface area contributed by atoms with Crippen molar-refractivity contribution < 1.29 is 0 Å². The summed E-state index contributed by atoms with van der Waals surface area (Å²) in [5.74, 6) is 1.24. The van der Waals surface area contributed by atoms with Crippen molar-refractivity contribution in [3.63, 3.8) is 0 Å². The summed E-state index contributed by atoms with van der Waals surface area (Å²) >= 11 is 0. The minimum Gasteiger partial charge on any atom is -0.325 e. The molecule has 0 radical (unpaired) electrons. The van der Waals surface area contributed by atoms with Gasteiger partial charge in [-0.3, -0.25) is 0 Å². The molecule has 1 saturated heterocycles. The van der Waals surface area contributed by atoms with Crippen molar-refractivity contribution in [2.24, 2.45) is 0 Å². The summed E-state index contributed by atoms with van der Waals surface area (Å²) in [6.45, 7) is 8.93. The highest BCUT2D eigenvalue weighted by Crippen LogP contribution is 2.33. The van der Waals surface area contributed by atoms with Crippen molar-refractivity contribution in [2.45, 2.75) is 38.6 Å². The van der Waals surface area contributed by atoms with Gasteiger partial charge in [0, 0.05) is 18.0 Å². The first kappa shape index (κ1) is 11.7. The smallest absolute Gasteiger partial charge is 0.117 e. The molecule has 2 aromatic rings. The Bertz CT molecular complexity index is 562. The number of fused-ring (bicyclic) bond motifs is 1. The molecule has 1 fully saturated rings. The molecule has 2 heterocycles. The second-order valence-corrected chi connectivity index (χ2v) is 5.88. The number of rotatable bonds is 2. The number of imidazole rings is 1. The standard InChI is InChI=1S/C15H21N3/c1-11(2)18-13-7-5-4-6-12(13)17-14(18)15(3)8-9-16-10-15/h4-7,11,16H,8-10H2,1-3H3. The lowest BCUT2D eigenvalue weighted by Gasteiger charge is -2.25. The maximum atomic E-state index is 4.91. The summed E-state index contributed by atoms with van der Waals surface area (Å²) in [5.41, 5.74) is 2.55. The zero-order valence-electron chi connectivity index (χ0n) is 11.4. The van der Waals surface area contributed by atoms with E-state index in [1.807, 2.05) is 0 Å². The molecule has 3 rings (SSSR count). The fourth-order valence-electron chi connectivity index (χ4n) is 3.00. The van der Waals surface area contributed by atoms with Crippen LogP contribution in [0.4, 0.5) is 0 Å². The first-order valence-electron chi connectivity index (χ1n) is 6.80. The van der Waals surface area contributed by atoms with Gasteiger partial charge < -0.3 is 9.88 Å². The summed E-state index contributed by atoms with van der Waals surface area (Å²) in [6, 6.07) is 8.91. The lowest BCUT2D eigenvalue weighted by molar-refractivity contribution is 0.442. The lowest BCUT2D eigenvalue weighted by atomic mass is 9.88. The number of nitrogens with one attached hydrogen (secondary N) is 1. The van der Waals surface area contributed by atoms with Crippen LogP contribution in [-0.2, 0) is 5.41 Å². The van der Waals surface area contributed by atoms with Gasteiger partial charge in [0.05, 0.1) is 11.0 Å². The van der Waals surface area contributed by atoms with E-state index in [4.69, 9.17) is 4.98 Å². The van der Waals surface area contributed by atoms with E-state index in [2.05, 4.69) is 54.9 Å². The number of aromatic nitrogens is 2. The van der Waals surface area contributed by atoms with Gasteiger partial charge in [0.1, 0.15) is 5.82 Å². The second-order valence-electron chi connectivity index (χ2n) is 5.88. The number of para-hydroxylation sites is 2. The monoisotopic (exact) mass is 243 g/mol. The fourth-order valence-corrected chi connectivity index (χ4v) is 3.00. The predicted octanol–water partition coefficient (Wildman–Crippen LogP) is 2.87. The SMILES string of the molecule is CC(C)n1c(C2(C)CCNC2)nc2ccccc21. The number of benzene rings is 1. The third-order valence-electron chi connectivity index (χ3n) is 4.02. The van der Waals surface area contributed by atoms with Crippen LogP contribution in [0.3, 0.4) is 0 Å². The van der Waals surface area contributed by atoms with Crippen LogP contribution in [0.15, 0.2) is 24.3 Å². The van der Waals surface area contributed by atoms with Gasteiger partial charge >= 0.3 is 0 Å². The molecule has 1 unspecified atom stereocenters. The summed E-state index contributed by atoms with van der Waals surface area (Å²) in [4.78, 5) is 4.91. The van der Waals surface area contributed by atoms with Crippen molar-refractivity contribution in [1.29, 1.82) is 0 Å². The summed E-state index contributed by atoms with van der Waals surface area (Å²) in [6.07, 6.45) is 1.17. The van der Waals surface area contributed by atoms with Gasteiger partial charge in [-0.25, -0.2) is 4.98 Å². The largest absolute Gasteiger partial charge is 0.325 e. The van der Waals surface area contributed by atoms with E-state index in [1.165, 1.54) is 17.8 Å². The van der Waals surface area contributed by atoms with Gasteiger partial charge in [0.15, 0.2) is 0 Å². The molecule has 1 N–H and O–H groups in total. The highest BCUT2D eigenvalue weighted by Gasteiger charge is 2.35. The van der Waals surface area contributed by atoms with Gasteiger partial charge in [-0.15, -0.1) is 0 Å². The molecule has 1 aliphatic rings. The molecule has 0 aliphatic carbocycles. The molecule has 0 saturated carbocycles. The Hall–Kier alpha value is -1.35. The molecule has 3 heteroatoms. The van der Waals surface area contributed by atoms with Crippen molar-refractivity contribution in [2.75, 3.05) is 13.1 Å². The van der Waals surface area contributed by atoms with Crippen LogP contribution >= 0.6 is 0 Å². The van der Waals surface area contributed by atoms with E-state index in [0.717, 1.165) is 18.6 Å². The quantitative estimate of drug-likeness (QED) is 0.879. The van der Waals surface area contributed by atoms with Crippen LogP contribution in [0, 0.1) is 0 Å². The molecule has 1 aromatic heterocycles. The Labute approximate surface area is 108 Å². The Kier molecular flexibility index (Phi) is 2.67. The molecule has 96 valence electrons. The minimum atomic E-state index is 0.170. The van der Waals surface area contributed by atoms with Crippen LogP contribution in [0.5, 0.6) is 0 Å². The maximum absolute atomic E-state index is 4.91. The average Bonchev–Trinajstić information content (AvgIpc) is 2.93. The Balaban J connectivity index is 2.24. The summed E-state index contributed by atoms with van der Waals surface area (Å²) in [5, 5.41) is 3.47. The molecule has 0 spiro atoms. The van der Waals surface area contributed by atoms with E-state index in [1.54, 1.807) is 0 Å². The Morgan fingerprint density at radius 3 is 2.78 bits per heavy atom. The van der Waals surface area contributed by atoms with Gasteiger partial charge in [0.25, 0.3) is 0 Å². The maximum Gasteiger partial charge on any atom is 0.117 e.